The minimum Gasteiger partial charge on any atom is -0.493 e. The molecule has 0 aliphatic heterocycles. The summed E-state index contributed by atoms with van der Waals surface area (Å²) in [5, 5.41) is 8.77. The lowest BCUT2D eigenvalue weighted by molar-refractivity contribution is 0.104. The Labute approximate surface area is 141 Å². The van der Waals surface area contributed by atoms with Crippen LogP contribution >= 0.6 is 0 Å². The van der Waals surface area contributed by atoms with Crippen LogP contribution in [-0.2, 0) is 0 Å². The van der Waals surface area contributed by atoms with E-state index in [4.69, 9.17) is 14.7 Å². The predicted molar refractivity (Wildman–Crippen MR) is 93.3 cm³/mol. The maximum absolute atomic E-state index is 12.2. The van der Waals surface area contributed by atoms with E-state index in [0.29, 0.717) is 22.6 Å². The van der Waals surface area contributed by atoms with Gasteiger partial charge in [-0.2, -0.15) is 5.26 Å². The summed E-state index contributed by atoms with van der Waals surface area (Å²) in [6, 6.07) is 14.1. The number of methoxy groups -OCH3 is 1. The van der Waals surface area contributed by atoms with Crippen LogP contribution in [-0.4, -0.2) is 19.0 Å². The van der Waals surface area contributed by atoms with Gasteiger partial charge in [-0.25, -0.2) is 0 Å². The van der Waals surface area contributed by atoms with Crippen molar-refractivity contribution in [3.8, 4) is 17.6 Å². The minimum absolute atomic E-state index is 0.0539. The maximum atomic E-state index is 12.2. The van der Waals surface area contributed by atoms with E-state index in [1.54, 1.807) is 37.5 Å². The maximum Gasteiger partial charge on any atom is 0.185 e. The summed E-state index contributed by atoms with van der Waals surface area (Å²) >= 11 is 0. The molecule has 4 nitrogen and oxygen atoms in total. The van der Waals surface area contributed by atoms with Gasteiger partial charge in [0.15, 0.2) is 17.3 Å². The van der Waals surface area contributed by atoms with Crippen LogP contribution in [0.1, 0.15) is 35.3 Å². The molecule has 0 spiro atoms. The monoisotopic (exact) mass is 321 g/mol. The number of hydrogen-bond acceptors (Lipinski definition) is 4. The number of carbonyl (C=O) groups is 1. The molecule has 24 heavy (non-hydrogen) atoms. The first kappa shape index (κ1) is 17.3. The molecule has 2 rings (SSSR count). The van der Waals surface area contributed by atoms with E-state index in [1.165, 1.54) is 6.08 Å². The molecule has 0 heterocycles. The zero-order valence-electron chi connectivity index (χ0n) is 13.9. The smallest absolute Gasteiger partial charge is 0.185 e. The van der Waals surface area contributed by atoms with Crippen LogP contribution in [0.25, 0.3) is 6.08 Å². The normalized spacial score (nSPS) is 10.6. The Balaban J connectivity index is 2.15. The number of benzene rings is 2. The van der Waals surface area contributed by atoms with Crippen LogP contribution in [0.4, 0.5) is 0 Å². The van der Waals surface area contributed by atoms with Crippen molar-refractivity contribution in [3.63, 3.8) is 0 Å². The van der Waals surface area contributed by atoms with Crippen molar-refractivity contribution in [2.75, 3.05) is 7.11 Å². The van der Waals surface area contributed by atoms with E-state index < -0.39 is 0 Å². The molecule has 122 valence electrons. The first-order valence-electron chi connectivity index (χ1n) is 7.60. The summed E-state index contributed by atoms with van der Waals surface area (Å²) in [5.74, 6) is 1.17. The molecule has 0 atom stereocenters. The standard InChI is InChI=1S/C20H19NO3/c1-14(2)24-19-11-7-15(12-20(19)23-3)6-10-18(22)17-8-4-16(13-21)5-9-17/h4-12,14H,1-3H3/b10-6+. The molecular weight excluding hydrogens is 302 g/mol. The number of carbonyl (C=O) groups excluding carboxylic acids is 1. The molecule has 0 bridgehead atoms. The van der Waals surface area contributed by atoms with Crippen molar-refractivity contribution >= 4 is 11.9 Å². The van der Waals surface area contributed by atoms with E-state index in [-0.39, 0.29) is 11.9 Å². The van der Waals surface area contributed by atoms with Gasteiger partial charge in [0.25, 0.3) is 0 Å². The highest BCUT2D eigenvalue weighted by atomic mass is 16.5. The molecule has 4 heteroatoms. The molecule has 0 aliphatic rings. The fourth-order valence-electron chi connectivity index (χ4n) is 2.12. The number of rotatable bonds is 6. The molecule has 0 aromatic heterocycles. The topological polar surface area (TPSA) is 59.3 Å². The lowest BCUT2D eigenvalue weighted by Crippen LogP contribution is -2.06. The summed E-state index contributed by atoms with van der Waals surface area (Å²) in [6.07, 6.45) is 3.28. The number of hydrogen-bond donors (Lipinski definition) is 0. The van der Waals surface area contributed by atoms with Crippen molar-refractivity contribution in [2.24, 2.45) is 0 Å². The highest BCUT2D eigenvalue weighted by Crippen LogP contribution is 2.29. The molecule has 0 aliphatic carbocycles. The third kappa shape index (κ3) is 4.47. The molecule has 0 N–H and O–H groups in total. The van der Waals surface area contributed by atoms with Crippen molar-refractivity contribution in [1.29, 1.82) is 5.26 Å². The Morgan fingerprint density at radius 2 is 1.83 bits per heavy atom. The fraction of sp³-hybridized carbons (Fsp3) is 0.200. The Bertz CT molecular complexity index is 784. The second kappa shape index (κ2) is 7.98. The first-order chi connectivity index (χ1) is 11.5. The third-order valence-corrected chi connectivity index (χ3v) is 3.28. The van der Waals surface area contributed by atoms with Gasteiger partial charge in [0.2, 0.25) is 0 Å². The van der Waals surface area contributed by atoms with Crippen LogP contribution < -0.4 is 9.47 Å². The van der Waals surface area contributed by atoms with Gasteiger partial charge in [0.05, 0.1) is 24.8 Å². The third-order valence-electron chi connectivity index (χ3n) is 3.28. The summed E-state index contributed by atoms with van der Waals surface area (Å²) in [4.78, 5) is 12.2. The van der Waals surface area contributed by atoms with Gasteiger partial charge in [0, 0.05) is 5.56 Å². The largest absolute Gasteiger partial charge is 0.493 e. The van der Waals surface area contributed by atoms with Crippen molar-refractivity contribution in [1.82, 2.24) is 0 Å². The van der Waals surface area contributed by atoms with Gasteiger partial charge < -0.3 is 9.47 Å². The Morgan fingerprint density at radius 3 is 2.42 bits per heavy atom. The second-order valence-electron chi connectivity index (χ2n) is 5.46. The van der Waals surface area contributed by atoms with Crippen LogP contribution in [0.15, 0.2) is 48.5 Å². The van der Waals surface area contributed by atoms with E-state index in [2.05, 4.69) is 0 Å². The number of allylic oxidation sites excluding steroid dienone is 1. The SMILES string of the molecule is COc1cc(/C=C/C(=O)c2ccc(C#N)cc2)ccc1OC(C)C. The molecule has 0 amide bonds. The zero-order valence-corrected chi connectivity index (χ0v) is 13.9. The molecule has 0 radical (unpaired) electrons. The summed E-state index contributed by atoms with van der Waals surface area (Å²) < 4.78 is 11.0. The second-order valence-corrected chi connectivity index (χ2v) is 5.46. The Morgan fingerprint density at radius 1 is 1.12 bits per heavy atom. The zero-order chi connectivity index (χ0) is 17.5. The van der Waals surface area contributed by atoms with E-state index in [9.17, 15) is 4.79 Å². The fourth-order valence-corrected chi connectivity index (χ4v) is 2.12. The lowest BCUT2D eigenvalue weighted by atomic mass is 10.1. The van der Waals surface area contributed by atoms with Gasteiger partial charge in [-0.15, -0.1) is 0 Å². The van der Waals surface area contributed by atoms with Gasteiger partial charge in [0.1, 0.15) is 0 Å². The van der Waals surface area contributed by atoms with Crippen LogP contribution in [0.3, 0.4) is 0 Å². The Hall–Kier alpha value is -3.06. The minimum atomic E-state index is -0.124. The molecule has 0 saturated carbocycles. The average Bonchev–Trinajstić information content (AvgIpc) is 2.60. The van der Waals surface area contributed by atoms with Gasteiger partial charge in [-0.1, -0.05) is 12.1 Å². The molecular formula is C20H19NO3. The van der Waals surface area contributed by atoms with Crippen molar-refractivity contribution in [2.45, 2.75) is 20.0 Å². The highest BCUT2D eigenvalue weighted by Gasteiger charge is 2.07. The van der Waals surface area contributed by atoms with Crippen molar-refractivity contribution in [3.05, 3.63) is 65.2 Å². The molecule has 2 aromatic carbocycles. The first-order valence-corrected chi connectivity index (χ1v) is 7.60. The van der Waals surface area contributed by atoms with Crippen LogP contribution in [0, 0.1) is 11.3 Å². The molecule has 0 unspecified atom stereocenters. The lowest BCUT2D eigenvalue weighted by Gasteiger charge is -2.13. The van der Waals surface area contributed by atoms with Crippen molar-refractivity contribution < 1.29 is 14.3 Å². The quantitative estimate of drug-likeness (QED) is 0.589. The molecule has 0 fully saturated rings. The number of ether oxygens (including phenoxy) is 2. The predicted octanol–water partition coefficient (Wildman–Crippen LogP) is 4.25. The molecule has 0 saturated heterocycles. The van der Waals surface area contributed by atoms with Gasteiger partial charge >= 0.3 is 0 Å². The number of ketones is 1. The van der Waals surface area contributed by atoms with Gasteiger partial charge in [-0.3, -0.25) is 4.79 Å². The molecule has 2 aromatic rings. The number of nitrogens with zero attached hydrogens (tertiary/aromatic N) is 1. The average molecular weight is 321 g/mol. The highest BCUT2D eigenvalue weighted by molar-refractivity contribution is 6.06. The van der Waals surface area contributed by atoms with E-state index >= 15 is 0 Å². The summed E-state index contributed by atoms with van der Waals surface area (Å²) in [5.41, 5.74) is 1.91. The van der Waals surface area contributed by atoms with Gasteiger partial charge in [-0.05, 0) is 61.9 Å². The van der Waals surface area contributed by atoms with Crippen LogP contribution in [0.2, 0.25) is 0 Å². The van der Waals surface area contributed by atoms with E-state index in [1.807, 2.05) is 38.1 Å². The van der Waals surface area contributed by atoms with Crippen LogP contribution in [0.5, 0.6) is 11.5 Å². The Kier molecular flexibility index (Phi) is 5.75. The number of nitriles is 1. The van der Waals surface area contributed by atoms with E-state index in [0.717, 1.165) is 5.56 Å². The summed E-state index contributed by atoms with van der Waals surface area (Å²) in [7, 11) is 1.58. The summed E-state index contributed by atoms with van der Waals surface area (Å²) in [6.45, 7) is 3.90.